The third-order valence-electron chi connectivity index (χ3n) is 12.0. The number of carbonyl (C=O) groups excluding carboxylic acids is 2. The standard InChI is InChI=1S/C51H58N8O3.C2H4O2/c1-51(2,3)44-19-9-12-22-47(44)55-50(54-36-39-14-13-33-62-39)59-31-28-57(29-32-59)27-30-58(26-24-38-35-53-46-21-11-8-16-41(38)46)49(61)43-18-6-5-17-42(43)48(60)56(4)25-23-37-34-52-45-20-10-7-15-40(37)45;1-2(3)4/h5-22,33-35,52-53H,23-32,36H2,1-4H3,(H,54,55);1H3,(H,3,4). The number of nitrogens with zero attached hydrogens (tertiary/aromatic N) is 5. The molecular weight excluding hydrogens is 829 g/mol. The average molecular weight is 891 g/mol. The number of fused-ring (bicyclic) bond motifs is 2. The van der Waals surface area contributed by atoms with E-state index in [1.807, 2.05) is 72.9 Å². The molecule has 0 saturated carbocycles. The van der Waals surface area contributed by atoms with Crippen molar-refractivity contribution in [2.24, 2.45) is 4.99 Å². The number of hydrogen-bond donors (Lipinski definition) is 4. The Labute approximate surface area is 387 Å². The summed E-state index contributed by atoms with van der Waals surface area (Å²) in [4.78, 5) is 58.0. The molecule has 0 unspecified atom stereocenters. The third kappa shape index (κ3) is 12.0. The van der Waals surface area contributed by atoms with Crippen LogP contribution in [0.25, 0.3) is 21.8 Å². The summed E-state index contributed by atoms with van der Waals surface area (Å²) in [6.07, 6.45) is 7.13. The molecule has 4 N–H and O–H groups in total. The molecule has 7 aromatic rings. The summed E-state index contributed by atoms with van der Waals surface area (Å²) >= 11 is 0. The van der Waals surface area contributed by atoms with Crippen LogP contribution in [0.2, 0.25) is 0 Å². The topological polar surface area (TPSA) is 154 Å². The van der Waals surface area contributed by atoms with E-state index in [0.29, 0.717) is 56.7 Å². The van der Waals surface area contributed by atoms with Gasteiger partial charge in [-0.1, -0.05) is 87.5 Å². The molecule has 1 aliphatic rings. The molecule has 8 rings (SSSR count). The number of carboxylic acids is 1. The van der Waals surface area contributed by atoms with Gasteiger partial charge in [0.05, 0.1) is 17.4 Å². The molecule has 1 saturated heterocycles. The Hall–Kier alpha value is -7.12. The molecule has 0 atom stereocenters. The van der Waals surface area contributed by atoms with Crippen LogP contribution in [0.3, 0.4) is 0 Å². The van der Waals surface area contributed by atoms with Gasteiger partial charge in [-0.15, -0.1) is 0 Å². The molecule has 0 radical (unpaired) electrons. The number of aromatic nitrogens is 2. The van der Waals surface area contributed by atoms with Crippen molar-refractivity contribution in [3.05, 3.63) is 161 Å². The number of anilines is 1. The number of aliphatic imine (C=N–C) groups is 1. The SMILES string of the molecule is CC(=O)O.CN(CCc1c[nH]c2ccccc12)C(=O)c1ccccc1C(=O)N(CCc1c[nH]c2ccccc12)CCN1CCN(C(=NCc2ccco2)Nc2ccccc2C(C)(C)C)CC1. The number of guanidine groups is 1. The second kappa shape index (κ2) is 21.7. The summed E-state index contributed by atoms with van der Waals surface area (Å²) in [5.74, 6) is 0.502. The first-order chi connectivity index (χ1) is 31.9. The first kappa shape index (κ1) is 46.9. The van der Waals surface area contributed by atoms with Crippen molar-refractivity contribution < 1.29 is 23.9 Å². The van der Waals surface area contributed by atoms with Gasteiger partial charge in [-0.25, -0.2) is 4.99 Å². The molecule has 3 aromatic heterocycles. The third-order valence-corrected chi connectivity index (χ3v) is 12.0. The van der Waals surface area contributed by atoms with Gasteiger partial charge < -0.3 is 39.5 Å². The van der Waals surface area contributed by atoms with Crippen LogP contribution in [0.4, 0.5) is 5.69 Å². The van der Waals surface area contributed by atoms with Crippen molar-refractivity contribution >= 4 is 51.2 Å². The predicted octanol–water partition coefficient (Wildman–Crippen LogP) is 8.92. The summed E-state index contributed by atoms with van der Waals surface area (Å²) in [5.41, 5.74) is 7.55. The van der Waals surface area contributed by atoms with Crippen LogP contribution in [0.5, 0.6) is 0 Å². The highest BCUT2D eigenvalue weighted by Crippen LogP contribution is 2.30. The Morgan fingerprint density at radius 2 is 1.29 bits per heavy atom. The minimum absolute atomic E-state index is 0.0475. The zero-order valence-electron chi connectivity index (χ0n) is 38.7. The van der Waals surface area contributed by atoms with Crippen LogP contribution < -0.4 is 5.32 Å². The highest BCUT2D eigenvalue weighted by molar-refractivity contribution is 6.07. The van der Waals surface area contributed by atoms with Gasteiger partial charge in [-0.2, -0.15) is 0 Å². The van der Waals surface area contributed by atoms with Gasteiger partial charge in [-0.05, 0) is 77.4 Å². The molecule has 4 aromatic carbocycles. The van der Waals surface area contributed by atoms with Crippen molar-refractivity contribution in [2.45, 2.75) is 52.5 Å². The molecule has 1 fully saturated rings. The molecule has 1 aliphatic heterocycles. The van der Waals surface area contributed by atoms with Crippen LogP contribution in [0, 0.1) is 0 Å². The second-order valence-electron chi connectivity index (χ2n) is 17.8. The molecular formula is C53H62N8O5. The van der Waals surface area contributed by atoms with E-state index in [9.17, 15) is 9.59 Å². The number of para-hydroxylation sites is 3. The van der Waals surface area contributed by atoms with Crippen molar-refractivity contribution in [3.8, 4) is 0 Å². The van der Waals surface area contributed by atoms with Crippen LogP contribution >= 0.6 is 0 Å². The number of carbonyl (C=O) groups is 3. The van der Waals surface area contributed by atoms with Crippen LogP contribution in [0.1, 0.15) is 70.9 Å². The molecule has 13 nitrogen and oxygen atoms in total. The van der Waals surface area contributed by atoms with Crippen LogP contribution in [0.15, 0.2) is 137 Å². The number of aliphatic carboxylic acids is 1. The first-order valence-corrected chi connectivity index (χ1v) is 22.7. The summed E-state index contributed by atoms with van der Waals surface area (Å²) in [7, 11) is 1.82. The molecule has 0 spiro atoms. The number of H-pyrrole nitrogens is 2. The smallest absolute Gasteiger partial charge is 0.300 e. The van der Waals surface area contributed by atoms with Crippen molar-refractivity contribution in [1.82, 2.24) is 29.6 Å². The van der Waals surface area contributed by atoms with Gasteiger partial charge >= 0.3 is 0 Å². The summed E-state index contributed by atoms with van der Waals surface area (Å²) in [6, 6.07) is 36.0. The lowest BCUT2D eigenvalue weighted by atomic mass is 9.86. The molecule has 66 heavy (non-hydrogen) atoms. The zero-order valence-corrected chi connectivity index (χ0v) is 38.7. The number of aromatic amines is 2. The minimum Gasteiger partial charge on any atom is -0.481 e. The quantitative estimate of drug-likeness (QED) is 0.0624. The Bertz CT molecular complexity index is 2730. The zero-order chi connectivity index (χ0) is 46.6. The van der Waals surface area contributed by atoms with Crippen LogP contribution in [-0.2, 0) is 29.6 Å². The largest absolute Gasteiger partial charge is 0.481 e. The van der Waals surface area contributed by atoms with Gasteiger partial charge in [0.25, 0.3) is 17.8 Å². The Kier molecular flexibility index (Phi) is 15.4. The highest BCUT2D eigenvalue weighted by atomic mass is 16.4. The lowest BCUT2D eigenvalue weighted by molar-refractivity contribution is -0.134. The van der Waals surface area contributed by atoms with E-state index in [-0.39, 0.29) is 17.2 Å². The van der Waals surface area contributed by atoms with Gasteiger partial charge in [-0.3, -0.25) is 19.3 Å². The van der Waals surface area contributed by atoms with E-state index in [1.165, 1.54) is 5.56 Å². The number of furan rings is 1. The number of likely N-dealkylation sites (N-methyl/N-ethyl adjacent to an activating group) is 1. The first-order valence-electron chi connectivity index (χ1n) is 22.7. The van der Waals surface area contributed by atoms with Gasteiger partial charge in [0.15, 0.2) is 5.96 Å². The highest BCUT2D eigenvalue weighted by Gasteiger charge is 2.27. The van der Waals surface area contributed by atoms with E-state index in [4.69, 9.17) is 19.3 Å². The van der Waals surface area contributed by atoms with E-state index >= 15 is 0 Å². The minimum atomic E-state index is -0.833. The number of hydrogen-bond acceptors (Lipinski definition) is 6. The van der Waals surface area contributed by atoms with Crippen molar-refractivity contribution in [1.29, 1.82) is 0 Å². The Morgan fingerprint density at radius 1 is 0.727 bits per heavy atom. The molecule has 2 amide bonds. The number of carboxylic acid groups (broad SMARTS) is 1. The number of rotatable bonds is 14. The summed E-state index contributed by atoms with van der Waals surface area (Å²) < 4.78 is 5.64. The normalized spacial score (nSPS) is 13.3. The second-order valence-corrected chi connectivity index (χ2v) is 17.8. The predicted molar refractivity (Wildman–Crippen MR) is 263 cm³/mol. The van der Waals surface area contributed by atoms with Crippen molar-refractivity contribution in [3.63, 3.8) is 0 Å². The van der Waals surface area contributed by atoms with E-state index < -0.39 is 5.97 Å². The lowest BCUT2D eigenvalue weighted by Crippen LogP contribution is -2.52. The fourth-order valence-corrected chi connectivity index (χ4v) is 8.45. The Morgan fingerprint density at radius 3 is 1.89 bits per heavy atom. The molecule has 344 valence electrons. The average Bonchev–Trinajstić information content (AvgIpc) is 4.10. The fourth-order valence-electron chi connectivity index (χ4n) is 8.45. The number of amides is 2. The summed E-state index contributed by atoms with van der Waals surface area (Å²) in [5, 5.41) is 13.4. The maximum atomic E-state index is 14.7. The number of nitrogens with one attached hydrogen (secondary N) is 3. The van der Waals surface area contributed by atoms with Crippen LogP contribution in [-0.4, -0.2) is 118 Å². The van der Waals surface area contributed by atoms with Gasteiger partial charge in [0, 0.05) is 106 Å². The summed E-state index contributed by atoms with van der Waals surface area (Å²) in [6.45, 7) is 13.6. The maximum absolute atomic E-state index is 14.7. The van der Waals surface area contributed by atoms with E-state index in [0.717, 1.165) is 83.4 Å². The van der Waals surface area contributed by atoms with Gasteiger partial charge in [0.2, 0.25) is 0 Å². The monoisotopic (exact) mass is 890 g/mol. The molecule has 0 bridgehead atoms. The van der Waals surface area contributed by atoms with Crippen molar-refractivity contribution in [2.75, 3.05) is 64.7 Å². The number of benzene rings is 4. The molecule has 13 heteroatoms. The van der Waals surface area contributed by atoms with Gasteiger partial charge in [0.1, 0.15) is 12.3 Å². The molecule has 4 heterocycles. The van der Waals surface area contributed by atoms with E-state index in [2.05, 4.69) is 94.4 Å². The van der Waals surface area contributed by atoms with E-state index in [1.54, 1.807) is 23.3 Å². The Balaban J connectivity index is 0.00000156. The number of piperazine rings is 1. The molecule has 0 aliphatic carbocycles. The lowest BCUT2D eigenvalue weighted by Gasteiger charge is -2.38. The maximum Gasteiger partial charge on any atom is 0.300 e. The fraction of sp³-hybridized carbons (Fsp3) is 0.321.